The molecule has 0 aliphatic carbocycles. The lowest BCUT2D eigenvalue weighted by Gasteiger charge is -2.22. The number of carbonyl (C=O) groups is 1. The molecule has 0 spiro atoms. The molecular formula is C21H25NO4. The van der Waals surface area contributed by atoms with Crippen LogP contribution in [0.5, 0.6) is 0 Å². The van der Waals surface area contributed by atoms with Gasteiger partial charge in [-0.1, -0.05) is 60.7 Å². The van der Waals surface area contributed by atoms with Gasteiger partial charge in [-0.25, -0.2) is 4.79 Å². The molecule has 1 heterocycles. The summed E-state index contributed by atoms with van der Waals surface area (Å²) in [6.07, 6.45) is -0.783. The summed E-state index contributed by atoms with van der Waals surface area (Å²) in [6, 6.07) is 20.0. The summed E-state index contributed by atoms with van der Waals surface area (Å²) in [6.45, 7) is 3.73. The number of nitrogens with zero attached hydrogens (tertiary/aromatic N) is 1. The van der Waals surface area contributed by atoms with Gasteiger partial charge in [-0.05, 0) is 18.1 Å². The van der Waals surface area contributed by atoms with Gasteiger partial charge in [0.15, 0.2) is 6.10 Å². The van der Waals surface area contributed by atoms with E-state index in [1.165, 1.54) is 7.11 Å². The number of hydrogen-bond acceptors (Lipinski definition) is 5. The van der Waals surface area contributed by atoms with Crippen LogP contribution in [0.15, 0.2) is 60.7 Å². The Kier molecular flexibility index (Phi) is 6.39. The Morgan fingerprint density at radius 1 is 1.12 bits per heavy atom. The summed E-state index contributed by atoms with van der Waals surface area (Å²) in [5, 5.41) is 1.82. The molecule has 26 heavy (non-hydrogen) atoms. The largest absolute Gasteiger partial charge is 0.467 e. The minimum atomic E-state index is -0.644. The van der Waals surface area contributed by atoms with Gasteiger partial charge in [-0.2, -0.15) is 5.06 Å². The highest BCUT2D eigenvalue weighted by molar-refractivity contribution is 5.75. The van der Waals surface area contributed by atoms with Gasteiger partial charge < -0.3 is 9.47 Å². The van der Waals surface area contributed by atoms with E-state index >= 15 is 0 Å². The van der Waals surface area contributed by atoms with E-state index in [1.54, 1.807) is 0 Å². The Morgan fingerprint density at radius 3 is 2.35 bits per heavy atom. The monoisotopic (exact) mass is 355 g/mol. The van der Waals surface area contributed by atoms with Gasteiger partial charge in [-0.3, -0.25) is 4.84 Å². The minimum absolute atomic E-state index is 0.0881. The molecular weight excluding hydrogens is 330 g/mol. The van der Waals surface area contributed by atoms with Crippen LogP contribution < -0.4 is 0 Å². The molecule has 1 fully saturated rings. The number of carbonyl (C=O) groups excluding carboxylic acids is 1. The van der Waals surface area contributed by atoms with Crippen molar-refractivity contribution in [2.75, 3.05) is 13.7 Å². The van der Waals surface area contributed by atoms with E-state index in [0.29, 0.717) is 19.7 Å². The third-order valence-corrected chi connectivity index (χ3v) is 4.66. The maximum absolute atomic E-state index is 12.2. The van der Waals surface area contributed by atoms with E-state index in [-0.39, 0.29) is 18.0 Å². The molecule has 3 rings (SSSR count). The van der Waals surface area contributed by atoms with Crippen molar-refractivity contribution < 1.29 is 19.1 Å². The van der Waals surface area contributed by atoms with Crippen molar-refractivity contribution in [1.82, 2.24) is 5.06 Å². The van der Waals surface area contributed by atoms with Crippen LogP contribution in [0.25, 0.3) is 0 Å². The van der Waals surface area contributed by atoms with Crippen molar-refractivity contribution in [3.63, 3.8) is 0 Å². The lowest BCUT2D eigenvalue weighted by Crippen LogP contribution is -2.36. The standard InChI is InChI=1S/C21H25NO4/c1-16(25-15-18-11-7-4-8-12-18)19-14-22(26-20(19)21(23)24-2)13-17-9-5-3-6-10-17/h3-12,16,19-20H,13-15H2,1-2H3/t16-,19-,20+/m0/s1. The Morgan fingerprint density at radius 2 is 1.73 bits per heavy atom. The molecule has 1 aliphatic heterocycles. The van der Waals surface area contributed by atoms with Gasteiger partial charge in [0, 0.05) is 19.0 Å². The van der Waals surface area contributed by atoms with Crippen LogP contribution in [0.4, 0.5) is 0 Å². The van der Waals surface area contributed by atoms with Crippen LogP contribution in [0.2, 0.25) is 0 Å². The van der Waals surface area contributed by atoms with Gasteiger partial charge in [0.2, 0.25) is 0 Å². The van der Waals surface area contributed by atoms with Gasteiger partial charge >= 0.3 is 5.97 Å². The number of hydrogen-bond donors (Lipinski definition) is 0. The van der Waals surface area contributed by atoms with E-state index in [4.69, 9.17) is 14.3 Å². The number of methoxy groups -OCH3 is 1. The van der Waals surface area contributed by atoms with E-state index in [1.807, 2.05) is 72.7 Å². The average Bonchev–Trinajstić information content (AvgIpc) is 3.11. The maximum Gasteiger partial charge on any atom is 0.337 e. The second-order valence-corrected chi connectivity index (χ2v) is 6.52. The molecule has 2 aromatic rings. The second-order valence-electron chi connectivity index (χ2n) is 6.52. The number of rotatable bonds is 7. The molecule has 5 nitrogen and oxygen atoms in total. The van der Waals surface area contributed by atoms with E-state index in [0.717, 1.165) is 11.1 Å². The van der Waals surface area contributed by atoms with Gasteiger partial charge in [0.25, 0.3) is 0 Å². The zero-order valence-corrected chi connectivity index (χ0v) is 15.2. The fourth-order valence-electron chi connectivity index (χ4n) is 3.16. The second kappa shape index (κ2) is 8.94. The van der Waals surface area contributed by atoms with Crippen LogP contribution in [-0.2, 0) is 32.3 Å². The predicted octanol–water partition coefficient (Wildman–Crippen LogP) is 3.20. The molecule has 0 aromatic heterocycles. The summed E-state index contributed by atoms with van der Waals surface area (Å²) >= 11 is 0. The highest BCUT2D eigenvalue weighted by Gasteiger charge is 2.43. The van der Waals surface area contributed by atoms with Crippen molar-refractivity contribution in [1.29, 1.82) is 0 Å². The van der Waals surface area contributed by atoms with Crippen molar-refractivity contribution in [3.05, 3.63) is 71.8 Å². The molecule has 0 unspecified atom stereocenters. The fraction of sp³-hybridized carbons (Fsp3) is 0.381. The first-order valence-electron chi connectivity index (χ1n) is 8.86. The Balaban J connectivity index is 1.63. The maximum atomic E-state index is 12.2. The SMILES string of the molecule is COC(=O)[C@@H]1ON(Cc2ccccc2)C[C@H]1[C@H](C)OCc1ccccc1. The molecule has 1 saturated heterocycles. The molecule has 0 N–H and O–H groups in total. The van der Waals surface area contributed by atoms with Gasteiger partial charge in [-0.15, -0.1) is 0 Å². The summed E-state index contributed by atoms with van der Waals surface area (Å²) in [7, 11) is 1.39. The third kappa shape index (κ3) is 4.69. The van der Waals surface area contributed by atoms with Gasteiger partial charge in [0.1, 0.15) is 0 Å². The molecule has 0 amide bonds. The Labute approximate surface area is 154 Å². The molecule has 0 bridgehead atoms. The smallest absolute Gasteiger partial charge is 0.337 e. The van der Waals surface area contributed by atoms with Crippen molar-refractivity contribution >= 4 is 5.97 Å². The molecule has 2 aromatic carbocycles. The number of esters is 1. The zero-order valence-electron chi connectivity index (χ0n) is 15.2. The Hall–Kier alpha value is -2.21. The van der Waals surface area contributed by atoms with Crippen LogP contribution in [0.1, 0.15) is 18.1 Å². The van der Waals surface area contributed by atoms with Crippen LogP contribution in [-0.4, -0.2) is 36.9 Å². The lowest BCUT2D eigenvalue weighted by atomic mass is 9.97. The molecule has 1 aliphatic rings. The van der Waals surface area contributed by atoms with Crippen molar-refractivity contribution in [3.8, 4) is 0 Å². The molecule has 138 valence electrons. The summed E-state index contributed by atoms with van der Waals surface area (Å²) in [5.41, 5.74) is 2.24. The first-order valence-corrected chi connectivity index (χ1v) is 8.86. The van der Waals surface area contributed by atoms with Gasteiger partial charge in [0.05, 0.1) is 19.8 Å². The minimum Gasteiger partial charge on any atom is -0.467 e. The highest BCUT2D eigenvalue weighted by atomic mass is 16.7. The van der Waals surface area contributed by atoms with E-state index < -0.39 is 6.10 Å². The average molecular weight is 355 g/mol. The van der Waals surface area contributed by atoms with Crippen molar-refractivity contribution in [2.24, 2.45) is 5.92 Å². The summed E-state index contributed by atoms with van der Waals surface area (Å²) in [5.74, 6) is -0.449. The summed E-state index contributed by atoms with van der Waals surface area (Å²) < 4.78 is 11.0. The van der Waals surface area contributed by atoms with E-state index in [9.17, 15) is 4.79 Å². The molecule has 0 saturated carbocycles. The lowest BCUT2D eigenvalue weighted by molar-refractivity contribution is -0.187. The first-order chi connectivity index (χ1) is 12.7. The third-order valence-electron chi connectivity index (χ3n) is 4.66. The predicted molar refractivity (Wildman–Crippen MR) is 97.9 cm³/mol. The van der Waals surface area contributed by atoms with Crippen molar-refractivity contribution in [2.45, 2.75) is 32.3 Å². The molecule has 0 radical (unpaired) electrons. The Bertz CT molecular complexity index is 692. The normalized spacial score (nSPS) is 21.5. The quantitative estimate of drug-likeness (QED) is 0.714. The number of benzene rings is 2. The molecule has 3 atom stereocenters. The van der Waals surface area contributed by atoms with Crippen LogP contribution >= 0.6 is 0 Å². The van der Waals surface area contributed by atoms with E-state index in [2.05, 4.69) is 0 Å². The number of ether oxygens (including phenoxy) is 2. The van der Waals surface area contributed by atoms with Crippen LogP contribution in [0.3, 0.4) is 0 Å². The number of hydroxylamine groups is 2. The molecule has 5 heteroatoms. The highest BCUT2D eigenvalue weighted by Crippen LogP contribution is 2.28. The summed E-state index contributed by atoms with van der Waals surface area (Å²) in [4.78, 5) is 18.1. The fourth-order valence-corrected chi connectivity index (χ4v) is 3.16. The van der Waals surface area contributed by atoms with Crippen LogP contribution in [0, 0.1) is 5.92 Å². The zero-order chi connectivity index (χ0) is 18.4. The topological polar surface area (TPSA) is 48.0 Å². The first kappa shape index (κ1) is 18.6.